The Hall–Kier alpha value is -1.61. The van der Waals surface area contributed by atoms with E-state index in [2.05, 4.69) is 0 Å². The lowest BCUT2D eigenvalue weighted by molar-refractivity contribution is 0.0997. The number of rotatable bonds is 4. The van der Waals surface area contributed by atoms with Gasteiger partial charge in [-0.15, -0.1) is 11.3 Å². The summed E-state index contributed by atoms with van der Waals surface area (Å²) in [4.78, 5) is 14.0. The fraction of sp³-hybridized carbons (Fsp3) is 0.214. The first-order valence-electron chi connectivity index (χ1n) is 5.41. The SMILES string of the molecule is COc1cccc(CC(=O)c2ccc(C)s2)c1. The summed E-state index contributed by atoms with van der Waals surface area (Å²) in [7, 11) is 1.63. The number of benzene rings is 1. The van der Waals surface area contributed by atoms with E-state index in [4.69, 9.17) is 4.74 Å². The third-order valence-corrected chi connectivity index (χ3v) is 3.56. The molecule has 2 rings (SSSR count). The Labute approximate surface area is 105 Å². The van der Waals surface area contributed by atoms with Gasteiger partial charge >= 0.3 is 0 Å². The normalized spacial score (nSPS) is 10.2. The van der Waals surface area contributed by atoms with Crippen LogP contribution in [0.1, 0.15) is 20.1 Å². The van der Waals surface area contributed by atoms with E-state index in [-0.39, 0.29) is 5.78 Å². The highest BCUT2D eigenvalue weighted by atomic mass is 32.1. The Morgan fingerprint density at radius 2 is 2.12 bits per heavy atom. The molecule has 0 saturated heterocycles. The molecule has 2 aromatic rings. The number of hydrogen-bond donors (Lipinski definition) is 0. The van der Waals surface area contributed by atoms with E-state index in [1.54, 1.807) is 18.4 Å². The van der Waals surface area contributed by atoms with Crippen LogP contribution in [-0.2, 0) is 6.42 Å². The molecule has 0 radical (unpaired) electrons. The molecular weight excluding hydrogens is 232 g/mol. The van der Waals surface area contributed by atoms with Gasteiger partial charge < -0.3 is 4.74 Å². The molecule has 1 aromatic heterocycles. The summed E-state index contributed by atoms with van der Waals surface area (Å²) in [5, 5.41) is 0. The zero-order chi connectivity index (χ0) is 12.3. The first-order valence-corrected chi connectivity index (χ1v) is 6.23. The maximum Gasteiger partial charge on any atom is 0.177 e. The number of carbonyl (C=O) groups is 1. The predicted octanol–water partition coefficient (Wildman–Crippen LogP) is 3.49. The summed E-state index contributed by atoms with van der Waals surface area (Å²) in [6.07, 6.45) is 0.428. The molecule has 2 nitrogen and oxygen atoms in total. The van der Waals surface area contributed by atoms with Crippen molar-refractivity contribution in [1.82, 2.24) is 0 Å². The van der Waals surface area contributed by atoms with Crippen LogP contribution in [-0.4, -0.2) is 12.9 Å². The Balaban J connectivity index is 2.12. The summed E-state index contributed by atoms with van der Waals surface area (Å²) < 4.78 is 5.14. The van der Waals surface area contributed by atoms with Gasteiger partial charge in [0.2, 0.25) is 0 Å². The highest BCUT2D eigenvalue weighted by Gasteiger charge is 2.09. The standard InChI is InChI=1S/C14H14O2S/c1-10-6-7-14(17-10)13(15)9-11-4-3-5-12(8-11)16-2/h3-8H,9H2,1-2H3. The van der Waals surface area contributed by atoms with Crippen LogP contribution in [0.2, 0.25) is 0 Å². The van der Waals surface area contributed by atoms with Crippen molar-refractivity contribution in [3.8, 4) is 5.75 Å². The molecule has 0 aliphatic heterocycles. The fourth-order valence-electron chi connectivity index (χ4n) is 1.64. The topological polar surface area (TPSA) is 26.3 Å². The number of methoxy groups -OCH3 is 1. The zero-order valence-corrected chi connectivity index (χ0v) is 10.7. The van der Waals surface area contributed by atoms with Crippen molar-refractivity contribution >= 4 is 17.1 Å². The molecule has 0 fully saturated rings. The summed E-state index contributed by atoms with van der Waals surface area (Å²) in [6, 6.07) is 11.5. The maximum absolute atomic E-state index is 12.0. The van der Waals surface area contributed by atoms with Crippen molar-refractivity contribution in [2.45, 2.75) is 13.3 Å². The Kier molecular flexibility index (Phi) is 3.59. The van der Waals surface area contributed by atoms with Crippen molar-refractivity contribution in [1.29, 1.82) is 0 Å². The van der Waals surface area contributed by atoms with Crippen LogP contribution in [0.25, 0.3) is 0 Å². The van der Waals surface area contributed by atoms with E-state index in [1.165, 1.54) is 4.88 Å². The van der Waals surface area contributed by atoms with Crippen molar-refractivity contribution in [2.24, 2.45) is 0 Å². The summed E-state index contributed by atoms with van der Waals surface area (Å²) in [5.74, 6) is 0.953. The second kappa shape index (κ2) is 5.15. The van der Waals surface area contributed by atoms with Crippen LogP contribution in [0, 0.1) is 6.92 Å². The smallest absolute Gasteiger partial charge is 0.177 e. The van der Waals surface area contributed by atoms with Gasteiger partial charge in [0.15, 0.2) is 5.78 Å². The second-order valence-electron chi connectivity index (χ2n) is 3.86. The van der Waals surface area contributed by atoms with Gasteiger partial charge in [0.05, 0.1) is 12.0 Å². The minimum absolute atomic E-state index is 0.163. The molecule has 0 amide bonds. The van der Waals surface area contributed by atoms with Gasteiger partial charge in [-0.1, -0.05) is 12.1 Å². The van der Waals surface area contributed by atoms with Crippen LogP contribution in [0.15, 0.2) is 36.4 Å². The molecule has 0 bridgehead atoms. The number of carbonyl (C=O) groups excluding carboxylic acids is 1. The number of thiophene rings is 1. The highest BCUT2D eigenvalue weighted by Crippen LogP contribution is 2.19. The van der Waals surface area contributed by atoms with E-state index >= 15 is 0 Å². The van der Waals surface area contributed by atoms with E-state index in [0.29, 0.717) is 6.42 Å². The van der Waals surface area contributed by atoms with Crippen LogP contribution >= 0.6 is 11.3 Å². The van der Waals surface area contributed by atoms with E-state index in [9.17, 15) is 4.79 Å². The third kappa shape index (κ3) is 2.94. The maximum atomic E-state index is 12.0. The number of aryl methyl sites for hydroxylation is 1. The van der Waals surface area contributed by atoms with Gasteiger partial charge in [0.25, 0.3) is 0 Å². The summed E-state index contributed by atoms with van der Waals surface area (Å²) >= 11 is 1.54. The molecule has 3 heteroatoms. The van der Waals surface area contributed by atoms with Crippen LogP contribution in [0.5, 0.6) is 5.75 Å². The Morgan fingerprint density at radius 3 is 2.76 bits per heavy atom. The molecule has 17 heavy (non-hydrogen) atoms. The Morgan fingerprint density at radius 1 is 1.29 bits per heavy atom. The Bertz CT molecular complexity index is 529. The predicted molar refractivity (Wildman–Crippen MR) is 70.1 cm³/mol. The van der Waals surface area contributed by atoms with Crippen LogP contribution < -0.4 is 4.74 Å². The summed E-state index contributed by atoms with van der Waals surface area (Å²) in [6.45, 7) is 2.01. The molecule has 88 valence electrons. The monoisotopic (exact) mass is 246 g/mol. The van der Waals surface area contributed by atoms with Crippen LogP contribution in [0.3, 0.4) is 0 Å². The minimum atomic E-state index is 0.163. The highest BCUT2D eigenvalue weighted by molar-refractivity contribution is 7.14. The summed E-state index contributed by atoms with van der Waals surface area (Å²) in [5.41, 5.74) is 0.986. The van der Waals surface area contributed by atoms with Gasteiger partial charge in [-0.05, 0) is 36.8 Å². The van der Waals surface area contributed by atoms with Crippen molar-refractivity contribution in [2.75, 3.05) is 7.11 Å². The van der Waals surface area contributed by atoms with Crippen molar-refractivity contribution in [3.05, 3.63) is 51.7 Å². The van der Waals surface area contributed by atoms with Crippen LogP contribution in [0.4, 0.5) is 0 Å². The lowest BCUT2D eigenvalue weighted by atomic mass is 10.1. The van der Waals surface area contributed by atoms with Crippen molar-refractivity contribution in [3.63, 3.8) is 0 Å². The number of hydrogen-bond acceptors (Lipinski definition) is 3. The molecule has 0 unspecified atom stereocenters. The van der Waals surface area contributed by atoms with E-state index in [1.807, 2.05) is 43.3 Å². The van der Waals surface area contributed by atoms with Gasteiger partial charge in [-0.25, -0.2) is 0 Å². The lowest BCUT2D eigenvalue weighted by Crippen LogP contribution is -2.01. The molecule has 1 heterocycles. The number of ether oxygens (including phenoxy) is 1. The van der Waals surface area contributed by atoms with Gasteiger partial charge in [0.1, 0.15) is 5.75 Å². The first-order chi connectivity index (χ1) is 8.19. The van der Waals surface area contributed by atoms with Gasteiger partial charge in [-0.3, -0.25) is 4.79 Å². The largest absolute Gasteiger partial charge is 0.497 e. The van der Waals surface area contributed by atoms with Crippen molar-refractivity contribution < 1.29 is 9.53 Å². The molecule has 0 N–H and O–H groups in total. The zero-order valence-electron chi connectivity index (χ0n) is 9.90. The van der Waals surface area contributed by atoms with Gasteiger partial charge in [-0.2, -0.15) is 0 Å². The van der Waals surface area contributed by atoms with E-state index < -0.39 is 0 Å². The average molecular weight is 246 g/mol. The van der Waals surface area contributed by atoms with Gasteiger partial charge in [0, 0.05) is 11.3 Å². The molecule has 0 saturated carbocycles. The fourth-order valence-corrected chi connectivity index (χ4v) is 2.44. The molecule has 0 aliphatic rings. The lowest BCUT2D eigenvalue weighted by Gasteiger charge is -2.03. The molecule has 0 atom stereocenters. The minimum Gasteiger partial charge on any atom is -0.497 e. The molecule has 1 aromatic carbocycles. The average Bonchev–Trinajstić information content (AvgIpc) is 2.76. The molecule has 0 spiro atoms. The number of Topliss-reactive ketones (excluding diaryl/α,β-unsaturated/α-hetero) is 1. The second-order valence-corrected chi connectivity index (χ2v) is 5.15. The first kappa shape index (κ1) is 11.9. The molecular formula is C14H14O2S. The van der Waals surface area contributed by atoms with E-state index in [0.717, 1.165) is 16.2 Å². The third-order valence-electron chi connectivity index (χ3n) is 2.51. The molecule has 0 aliphatic carbocycles. The quantitative estimate of drug-likeness (QED) is 0.772. The number of ketones is 1.